The van der Waals surface area contributed by atoms with E-state index in [1.54, 1.807) is 0 Å². The van der Waals surface area contributed by atoms with Crippen LogP contribution in [-0.2, 0) is 11.3 Å². The second-order valence-corrected chi connectivity index (χ2v) is 3.96. The second kappa shape index (κ2) is 7.33. The summed E-state index contributed by atoms with van der Waals surface area (Å²) in [5.74, 6) is 0. The third kappa shape index (κ3) is 7.80. The lowest BCUT2D eigenvalue weighted by Gasteiger charge is -2.06. The first-order chi connectivity index (χ1) is 8.08. The standard InChI is InChI=1S/C13H17F3O/c14-13(15,16)9-5-2-6-10-17-11-12-7-3-1-4-8-12/h1,3-4,7-8H,2,5-6,9-11H2. The Labute approximate surface area is 99.6 Å². The Balaban J connectivity index is 1.95. The molecule has 4 heteroatoms. The Hall–Kier alpha value is -1.03. The van der Waals surface area contributed by atoms with Crippen molar-refractivity contribution >= 4 is 0 Å². The van der Waals surface area contributed by atoms with E-state index in [0.717, 1.165) is 5.56 Å². The van der Waals surface area contributed by atoms with Crippen LogP contribution in [0.25, 0.3) is 0 Å². The zero-order valence-corrected chi connectivity index (χ0v) is 9.67. The molecule has 0 aromatic heterocycles. The van der Waals surface area contributed by atoms with Crippen molar-refractivity contribution in [3.05, 3.63) is 35.9 Å². The van der Waals surface area contributed by atoms with Gasteiger partial charge < -0.3 is 4.74 Å². The highest BCUT2D eigenvalue weighted by molar-refractivity contribution is 5.13. The molecular weight excluding hydrogens is 229 g/mol. The largest absolute Gasteiger partial charge is 0.389 e. The van der Waals surface area contributed by atoms with E-state index in [4.69, 9.17) is 4.74 Å². The summed E-state index contributed by atoms with van der Waals surface area (Å²) in [6, 6.07) is 9.72. The summed E-state index contributed by atoms with van der Waals surface area (Å²) in [5.41, 5.74) is 1.09. The molecule has 0 atom stereocenters. The van der Waals surface area contributed by atoms with E-state index in [9.17, 15) is 13.2 Å². The average molecular weight is 246 g/mol. The zero-order valence-electron chi connectivity index (χ0n) is 9.67. The van der Waals surface area contributed by atoms with Gasteiger partial charge in [-0.3, -0.25) is 0 Å². The number of rotatable bonds is 7. The van der Waals surface area contributed by atoms with E-state index >= 15 is 0 Å². The van der Waals surface area contributed by atoms with Gasteiger partial charge in [0.25, 0.3) is 0 Å². The maximum absolute atomic E-state index is 11.8. The number of alkyl halides is 3. The highest BCUT2D eigenvalue weighted by Gasteiger charge is 2.25. The first kappa shape index (κ1) is 14.0. The van der Waals surface area contributed by atoms with Gasteiger partial charge in [-0.25, -0.2) is 0 Å². The van der Waals surface area contributed by atoms with Crippen molar-refractivity contribution in [2.75, 3.05) is 6.61 Å². The van der Waals surface area contributed by atoms with E-state index in [-0.39, 0.29) is 6.42 Å². The highest BCUT2D eigenvalue weighted by Crippen LogP contribution is 2.22. The van der Waals surface area contributed by atoms with Gasteiger partial charge in [0.05, 0.1) is 6.61 Å². The second-order valence-electron chi connectivity index (χ2n) is 3.96. The van der Waals surface area contributed by atoms with Crippen molar-refractivity contribution in [3.8, 4) is 0 Å². The van der Waals surface area contributed by atoms with E-state index in [1.807, 2.05) is 30.3 Å². The fraction of sp³-hybridized carbons (Fsp3) is 0.538. The fourth-order valence-electron chi connectivity index (χ4n) is 1.47. The topological polar surface area (TPSA) is 9.23 Å². The predicted molar refractivity (Wildman–Crippen MR) is 60.6 cm³/mol. The Bertz CT molecular complexity index is 295. The van der Waals surface area contributed by atoms with Crippen LogP contribution in [-0.4, -0.2) is 12.8 Å². The van der Waals surface area contributed by atoms with Gasteiger partial charge in [-0.2, -0.15) is 13.2 Å². The van der Waals surface area contributed by atoms with Gasteiger partial charge in [0.1, 0.15) is 0 Å². The van der Waals surface area contributed by atoms with Crippen LogP contribution in [0.5, 0.6) is 0 Å². The van der Waals surface area contributed by atoms with Gasteiger partial charge >= 0.3 is 6.18 Å². The van der Waals surface area contributed by atoms with Crippen molar-refractivity contribution in [2.45, 2.75) is 38.5 Å². The Morgan fingerprint density at radius 1 is 0.941 bits per heavy atom. The van der Waals surface area contributed by atoms with Crippen molar-refractivity contribution in [2.24, 2.45) is 0 Å². The number of halogens is 3. The van der Waals surface area contributed by atoms with Crippen LogP contribution in [0.2, 0.25) is 0 Å². The molecule has 96 valence electrons. The molecule has 1 rings (SSSR count). The maximum atomic E-state index is 11.8. The van der Waals surface area contributed by atoms with Crippen molar-refractivity contribution < 1.29 is 17.9 Å². The average Bonchev–Trinajstić information content (AvgIpc) is 2.28. The molecular formula is C13H17F3O. The molecule has 17 heavy (non-hydrogen) atoms. The third-order valence-electron chi connectivity index (χ3n) is 2.36. The smallest absolute Gasteiger partial charge is 0.377 e. The summed E-state index contributed by atoms with van der Waals surface area (Å²) in [5, 5.41) is 0. The van der Waals surface area contributed by atoms with E-state index in [2.05, 4.69) is 0 Å². The number of ether oxygens (including phenoxy) is 1. The SMILES string of the molecule is FC(F)(F)CCCCCOCc1ccccc1. The molecule has 0 spiro atoms. The first-order valence-corrected chi connectivity index (χ1v) is 5.76. The van der Waals surface area contributed by atoms with Gasteiger partial charge in [0, 0.05) is 13.0 Å². The summed E-state index contributed by atoms with van der Waals surface area (Å²) in [6.45, 7) is 1.05. The molecule has 0 bridgehead atoms. The number of hydrogen-bond donors (Lipinski definition) is 0. The van der Waals surface area contributed by atoms with Gasteiger partial charge in [-0.15, -0.1) is 0 Å². The molecule has 0 aliphatic carbocycles. The Morgan fingerprint density at radius 3 is 2.29 bits per heavy atom. The van der Waals surface area contributed by atoms with Crippen molar-refractivity contribution in [1.82, 2.24) is 0 Å². The zero-order chi connectivity index (χ0) is 12.6. The minimum atomic E-state index is -4.02. The molecule has 0 radical (unpaired) electrons. The fourth-order valence-corrected chi connectivity index (χ4v) is 1.47. The van der Waals surface area contributed by atoms with Gasteiger partial charge in [-0.05, 0) is 18.4 Å². The molecule has 0 aliphatic heterocycles. The minimum Gasteiger partial charge on any atom is -0.377 e. The quantitative estimate of drug-likeness (QED) is 0.651. The van der Waals surface area contributed by atoms with Gasteiger partial charge in [-0.1, -0.05) is 36.8 Å². The van der Waals surface area contributed by atoms with Crippen LogP contribution in [0, 0.1) is 0 Å². The van der Waals surface area contributed by atoms with Crippen LogP contribution < -0.4 is 0 Å². The van der Waals surface area contributed by atoms with Crippen molar-refractivity contribution in [1.29, 1.82) is 0 Å². The molecule has 0 saturated carbocycles. The molecule has 0 heterocycles. The van der Waals surface area contributed by atoms with Crippen molar-refractivity contribution in [3.63, 3.8) is 0 Å². The number of unbranched alkanes of at least 4 members (excludes halogenated alkanes) is 2. The minimum absolute atomic E-state index is 0.193. The van der Waals surface area contributed by atoms with E-state index in [1.165, 1.54) is 0 Å². The van der Waals surface area contributed by atoms with Crippen LogP contribution in [0.1, 0.15) is 31.2 Å². The van der Waals surface area contributed by atoms with Gasteiger partial charge in [0.15, 0.2) is 0 Å². The van der Waals surface area contributed by atoms with E-state index < -0.39 is 12.6 Å². The molecule has 0 aliphatic rings. The molecule has 1 aromatic carbocycles. The Morgan fingerprint density at radius 2 is 1.65 bits per heavy atom. The summed E-state index contributed by atoms with van der Waals surface area (Å²) in [7, 11) is 0. The monoisotopic (exact) mass is 246 g/mol. The van der Waals surface area contributed by atoms with Crippen LogP contribution in [0.15, 0.2) is 30.3 Å². The molecule has 0 N–H and O–H groups in total. The van der Waals surface area contributed by atoms with Crippen LogP contribution >= 0.6 is 0 Å². The summed E-state index contributed by atoms with van der Waals surface area (Å²) in [4.78, 5) is 0. The third-order valence-corrected chi connectivity index (χ3v) is 2.36. The predicted octanol–water partition coefficient (Wildman–Crippen LogP) is 4.33. The van der Waals surface area contributed by atoms with Crippen LogP contribution in [0.3, 0.4) is 0 Å². The first-order valence-electron chi connectivity index (χ1n) is 5.76. The lowest BCUT2D eigenvalue weighted by Crippen LogP contribution is -2.06. The van der Waals surface area contributed by atoms with Gasteiger partial charge in [0.2, 0.25) is 0 Å². The van der Waals surface area contributed by atoms with Crippen LogP contribution in [0.4, 0.5) is 13.2 Å². The van der Waals surface area contributed by atoms with E-state index in [0.29, 0.717) is 26.1 Å². The summed E-state index contributed by atoms with van der Waals surface area (Å²) in [6.07, 6.45) is -3.27. The normalized spacial score (nSPS) is 11.7. The molecule has 0 unspecified atom stereocenters. The number of hydrogen-bond acceptors (Lipinski definition) is 1. The molecule has 0 saturated heterocycles. The lowest BCUT2D eigenvalue weighted by molar-refractivity contribution is -0.135. The highest BCUT2D eigenvalue weighted by atomic mass is 19.4. The lowest BCUT2D eigenvalue weighted by atomic mass is 10.2. The summed E-state index contributed by atoms with van der Waals surface area (Å²) < 4.78 is 40.8. The molecule has 1 nitrogen and oxygen atoms in total. The Kier molecular flexibility index (Phi) is 6.05. The summed E-state index contributed by atoms with van der Waals surface area (Å²) >= 11 is 0. The molecule has 0 amide bonds. The maximum Gasteiger partial charge on any atom is 0.389 e. The molecule has 0 fully saturated rings. The molecule has 1 aromatic rings. The number of benzene rings is 1.